The summed E-state index contributed by atoms with van der Waals surface area (Å²) < 4.78 is 6.59. The molecule has 0 aromatic heterocycles. The van der Waals surface area contributed by atoms with E-state index < -0.39 is 5.60 Å². The number of benzene rings is 1. The number of aliphatic hydroxyl groups is 1. The Morgan fingerprint density at radius 1 is 1.42 bits per heavy atom. The van der Waals surface area contributed by atoms with Crippen molar-refractivity contribution in [2.45, 2.75) is 49.6 Å². The molecule has 0 unspecified atom stereocenters. The number of carbonyl (C=O) groups is 1. The van der Waals surface area contributed by atoms with Crippen LogP contribution in [0, 0.1) is 0 Å². The summed E-state index contributed by atoms with van der Waals surface area (Å²) in [5.41, 5.74) is -0.646. The van der Waals surface area contributed by atoms with Gasteiger partial charge >= 0.3 is 120 Å². The number of ether oxygens (including phenoxy) is 1. The summed E-state index contributed by atoms with van der Waals surface area (Å²) in [6.07, 6.45) is 2.19. The molecule has 3 nitrogen and oxygen atoms in total. The molecular weight excluding hydrogens is 307 g/mol. The summed E-state index contributed by atoms with van der Waals surface area (Å²) in [5, 5.41) is 10.5. The van der Waals surface area contributed by atoms with Gasteiger partial charge in [0.2, 0.25) is 0 Å². The molecule has 4 heteroatoms. The molecule has 0 heterocycles. The Kier molecular flexibility index (Phi) is 4.67. The number of carbonyl (C=O) groups excluding carboxylic acids is 1. The number of hydrogen-bond acceptors (Lipinski definition) is 3. The Balaban J connectivity index is 2.04. The Bertz CT molecular complexity index is 430. The topological polar surface area (TPSA) is 46.5 Å². The van der Waals surface area contributed by atoms with Crippen LogP contribution in [0.15, 0.2) is 30.3 Å². The van der Waals surface area contributed by atoms with E-state index in [0.717, 1.165) is 12.8 Å². The van der Waals surface area contributed by atoms with Gasteiger partial charge in [0, 0.05) is 0 Å². The second kappa shape index (κ2) is 6.08. The molecule has 1 saturated carbocycles. The molecule has 0 bridgehead atoms. The average Bonchev–Trinajstić information content (AvgIpc) is 2.34. The Morgan fingerprint density at radius 3 is 2.74 bits per heavy atom. The third-order valence-corrected chi connectivity index (χ3v) is 6.71. The third kappa shape index (κ3) is 4.07. The van der Waals surface area contributed by atoms with Gasteiger partial charge in [0.1, 0.15) is 0 Å². The van der Waals surface area contributed by atoms with Gasteiger partial charge in [-0.2, -0.15) is 0 Å². The molecule has 1 aliphatic carbocycles. The summed E-state index contributed by atoms with van der Waals surface area (Å²) in [7, 11) is 0. The summed E-state index contributed by atoms with van der Waals surface area (Å²) >= 11 is 0.198. The van der Waals surface area contributed by atoms with Crippen molar-refractivity contribution in [1.82, 2.24) is 0 Å². The van der Waals surface area contributed by atoms with Gasteiger partial charge in [0.25, 0.3) is 0 Å². The van der Waals surface area contributed by atoms with Crippen molar-refractivity contribution in [3.05, 3.63) is 30.3 Å². The Morgan fingerprint density at radius 2 is 2.11 bits per heavy atom. The monoisotopic (exact) mass is 328 g/mol. The van der Waals surface area contributed by atoms with Crippen LogP contribution >= 0.6 is 0 Å². The first kappa shape index (κ1) is 14.6. The van der Waals surface area contributed by atoms with Gasteiger partial charge in [-0.05, 0) is 0 Å². The number of rotatable bonds is 3. The molecule has 3 atom stereocenters. The molecule has 19 heavy (non-hydrogen) atoms. The molecular formula is C15H20O3Se. The van der Waals surface area contributed by atoms with Crippen molar-refractivity contribution in [2.75, 3.05) is 0 Å². The van der Waals surface area contributed by atoms with Gasteiger partial charge in [0.05, 0.1) is 0 Å². The molecule has 2 rings (SSSR count). The van der Waals surface area contributed by atoms with E-state index >= 15 is 0 Å². The van der Waals surface area contributed by atoms with Crippen LogP contribution in [0.1, 0.15) is 33.1 Å². The van der Waals surface area contributed by atoms with Crippen LogP contribution in [0.5, 0.6) is 0 Å². The van der Waals surface area contributed by atoms with E-state index in [0.29, 0.717) is 6.42 Å². The SMILES string of the molecule is CC(=O)O[C@@H]1CC[C@@](C)(O)[C@H]([Se]c2ccccc2)C1. The first-order valence-corrected chi connectivity index (χ1v) is 8.43. The van der Waals surface area contributed by atoms with Crippen molar-refractivity contribution in [3.63, 3.8) is 0 Å². The zero-order valence-corrected chi connectivity index (χ0v) is 13.0. The van der Waals surface area contributed by atoms with Crippen LogP contribution in [0.2, 0.25) is 4.82 Å². The predicted octanol–water partition coefficient (Wildman–Crippen LogP) is 1.67. The van der Waals surface area contributed by atoms with E-state index in [2.05, 4.69) is 12.1 Å². The normalized spacial score (nSPS) is 30.9. The van der Waals surface area contributed by atoms with E-state index in [1.54, 1.807) is 0 Å². The van der Waals surface area contributed by atoms with Gasteiger partial charge in [-0.25, -0.2) is 0 Å². The molecule has 0 aliphatic heterocycles. The molecule has 0 saturated heterocycles. The Labute approximate surface area is 120 Å². The van der Waals surface area contributed by atoms with Crippen molar-refractivity contribution in [3.8, 4) is 0 Å². The van der Waals surface area contributed by atoms with E-state index in [1.165, 1.54) is 11.4 Å². The fourth-order valence-corrected chi connectivity index (χ4v) is 5.19. The van der Waals surface area contributed by atoms with Gasteiger partial charge in [-0.1, -0.05) is 0 Å². The zero-order valence-electron chi connectivity index (χ0n) is 11.3. The molecule has 1 aliphatic rings. The fraction of sp³-hybridized carbons (Fsp3) is 0.533. The van der Waals surface area contributed by atoms with E-state index in [4.69, 9.17) is 4.74 Å². The fourth-order valence-electron chi connectivity index (χ4n) is 2.40. The first-order valence-electron chi connectivity index (χ1n) is 6.59. The van der Waals surface area contributed by atoms with Crippen molar-refractivity contribution >= 4 is 25.4 Å². The molecule has 1 aromatic carbocycles. The van der Waals surface area contributed by atoms with Crippen LogP contribution in [-0.2, 0) is 9.53 Å². The van der Waals surface area contributed by atoms with Gasteiger partial charge < -0.3 is 0 Å². The van der Waals surface area contributed by atoms with Crippen LogP contribution in [0.25, 0.3) is 0 Å². The average molecular weight is 327 g/mol. The molecule has 0 amide bonds. The van der Waals surface area contributed by atoms with Crippen LogP contribution in [-0.4, -0.2) is 37.7 Å². The van der Waals surface area contributed by atoms with E-state index in [1.807, 2.05) is 25.1 Å². The molecule has 0 spiro atoms. The summed E-state index contributed by atoms with van der Waals surface area (Å²) in [6, 6.07) is 10.3. The number of hydrogen-bond donors (Lipinski definition) is 1. The molecule has 0 radical (unpaired) electrons. The molecule has 1 N–H and O–H groups in total. The summed E-state index contributed by atoms with van der Waals surface area (Å²) in [4.78, 5) is 11.3. The second-order valence-electron chi connectivity index (χ2n) is 5.28. The minimum absolute atomic E-state index is 0.0340. The summed E-state index contributed by atoms with van der Waals surface area (Å²) in [5.74, 6) is -0.225. The molecule has 1 aromatic rings. The van der Waals surface area contributed by atoms with Crippen LogP contribution < -0.4 is 4.46 Å². The van der Waals surface area contributed by atoms with Crippen LogP contribution in [0.3, 0.4) is 0 Å². The molecule has 104 valence electrons. The van der Waals surface area contributed by atoms with E-state index in [9.17, 15) is 9.90 Å². The van der Waals surface area contributed by atoms with Crippen LogP contribution in [0.4, 0.5) is 0 Å². The van der Waals surface area contributed by atoms with Gasteiger partial charge in [-0.3, -0.25) is 0 Å². The van der Waals surface area contributed by atoms with Crippen molar-refractivity contribution < 1.29 is 14.6 Å². The zero-order chi connectivity index (χ0) is 13.9. The summed E-state index contributed by atoms with van der Waals surface area (Å²) in [6.45, 7) is 3.36. The van der Waals surface area contributed by atoms with Crippen molar-refractivity contribution in [2.24, 2.45) is 0 Å². The second-order valence-corrected chi connectivity index (χ2v) is 7.96. The molecule has 1 fully saturated rings. The van der Waals surface area contributed by atoms with Gasteiger partial charge in [0.15, 0.2) is 0 Å². The van der Waals surface area contributed by atoms with Crippen molar-refractivity contribution in [1.29, 1.82) is 0 Å². The quantitative estimate of drug-likeness (QED) is 0.679. The minimum atomic E-state index is -0.646. The predicted molar refractivity (Wildman–Crippen MR) is 75.6 cm³/mol. The Hall–Kier alpha value is -0.831. The van der Waals surface area contributed by atoms with Gasteiger partial charge in [-0.15, -0.1) is 0 Å². The first-order chi connectivity index (χ1) is 8.97. The maximum absolute atomic E-state index is 11.1. The van der Waals surface area contributed by atoms with E-state index in [-0.39, 0.29) is 31.8 Å². The standard InChI is InChI=1S/C15H20O3Se/c1-11(16)18-12-8-9-15(2,17)14(10-12)19-13-6-4-3-5-7-13/h3-7,12,14,17H,8-10H2,1-2H3/t12-,14-,15-/m1/s1. The third-order valence-electron chi connectivity index (χ3n) is 3.50. The number of esters is 1. The maximum atomic E-state index is 11.1.